The van der Waals surface area contributed by atoms with Gasteiger partial charge in [-0.3, -0.25) is 10.6 Å². The van der Waals surface area contributed by atoms with Crippen LogP contribution in [-0.2, 0) is 0 Å². The second kappa shape index (κ2) is 2.15. The van der Waals surface area contributed by atoms with E-state index in [-0.39, 0.29) is 6.54 Å². The molecule has 1 aliphatic heterocycles. The largest absolute Gasteiger partial charge is 0.417 e. The first-order chi connectivity index (χ1) is 4.11. The van der Waals surface area contributed by atoms with Crippen molar-refractivity contribution < 1.29 is 13.2 Å². The van der Waals surface area contributed by atoms with Gasteiger partial charge in [0, 0.05) is 13.1 Å². The summed E-state index contributed by atoms with van der Waals surface area (Å²) in [6, 6.07) is 0. The fraction of sp³-hybridized carbons (Fsp3) is 0.750. The molecule has 2 nitrogen and oxygen atoms in total. The van der Waals surface area contributed by atoms with Crippen LogP contribution in [0.4, 0.5) is 13.2 Å². The van der Waals surface area contributed by atoms with Gasteiger partial charge in [0.2, 0.25) is 0 Å². The summed E-state index contributed by atoms with van der Waals surface area (Å²) in [5.74, 6) is 0. The average molecular weight is 139 g/mol. The SMILES string of the molecule is FC(F)(F)C1N[CH]CN1. The molecule has 0 amide bonds. The van der Waals surface area contributed by atoms with E-state index in [1.807, 2.05) is 0 Å². The van der Waals surface area contributed by atoms with Crippen molar-refractivity contribution >= 4 is 0 Å². The number of nitrogens with one attached hydrogen (secondary N) is 2. The number of hydrogen-bond donors (Lipinski definition) is 2. The Labute approximate surface area is 50.4 Å². The van der Waals surface area contributed by atoms with Crippen molar-refractivity contribution in [2.45, 2.75) is 12.3 Å². The molecule has 1 radical (unpaired) electrons. The molecule has 0 aliphatic carbocycles. The van der Waals surface area contributed by atoms with Gasteiger partial charge in [-0.25, -0.2) is 0 Å². The third-order valence-corrected chi connectivity index (χ3v) is 1.04. The van der Waals surface area contributed by atoms with Gasteiger partial charge >= 0.3 is 6.18 Å². The van der Waals surface area contributed by atoms with E-state index in [0.717, 1.165) is 0 Å². The van der Waals surface area contributed by atoms with E-state index >= 15 is 0 Å². The predicted octanol–water partition coefficient (Wildman–Crippen LogP) is 0.229. The van der Waals surface area contributed by atoms with Crippen LogP contribution in [0, 0.1) is 6.54 Å². The van der Waals surface area contributed by atoms with Gasteiger partial charge in [0.25, 0.3) is 0 Å². The van der Waals surface area contributed by atoms with Crippen LogP contribution in [-0.4, -0.2) is 18.9 Å². The van der Waals surface area contributed by atoms with E-state index in [1.165, 1.54) is 6.54 Å². The molecule has 53 valence electrons. The van der Waals surface area contributed by atoms with Crippen molar-refractivity contribution in [3.63, 3.8) is 0 Å². The Morgan fingerprint density at radius 3 is 2.33 bits per heavy atom. The van der Waals surface area contributed by atoms with E-state index in [4.69, 9.17) is 0 Å². The predicted molar refractivity (Wildman–Crippen MR) is 25.3 cm³/mol. The summed E-state index contributed by atoms with van der Waals surface area (Å²) in [5.41, 5.74) is 0. The number of hydrogen-bond acceptors (Lipinski definition) is 2. The first-order valence-corrected chi connectivity index (χ1v) is 2.48. The molecule has 0 bridgehead atoms. The molecule has 0 spiro atoms. The normalized spacial score (nSPS) is 23.0. The lowest BCUT2D eigenvalue weighted by molar-refractivity contribution is -0.156. The monoisotopic (exact) mass is 139 g/mol. The van der Waals surface area contributed by atoms with Crippen LogP contribution in [0.5, 0.6) is 0 Å². The molecule has 1 rings (SSSR count). The van der Waals surface area contributed by atoms with Crippen LogP contribution in [0.2, 0.25) is 0 Å². The molecule has 1 unspecified atom stereocenters. The van der Waals surface area contributed by atoms with Gasteiger partial charge in [-0.15, -0.1) is 0 Å². The molecule has 1 atom stereocenters. The van der Waals surface area contributed by atoms with Crippen LogP contribution in [0.15, 0.2) is 0 Å². The van der Waals surface area contributed by atoms with Gasteiger partial charge < -0.3 is 0 Å². The molecule has 9 heavy (non-hydrogen) atoms. The summed E-state index contributed by atoms with van der Waals surface area (Å²) in [6.45, 7) is 1.61. The lowest BCUT2D eigenvalue weighted by Crippen LogP contribution is -2.44. The summed E-state index contributed by atoms with van der Waals surface area (Å²) >= 11 is 0. The summed E-state index contributed by atoms with van der Waals surface area (Å²) in [4.78, 5) is 0. The van der Waals surface area contributed by atoms with Crippen molar-refractivity contribution in [3.05, 3.63) is 6.54 Å². The minimum atomic E-state index is -4.17. The summed E-state index contributed by atoms with van der Waals surface area (Å²) in [5, 5.41) is 4.34. The zero-order valence-electron chi connectivity index (χ0n) is 4.50. The van der Waals surface area contributed by atoms with E-state index in [2.05, 4.69) is 10.6 Å². The average Bonchev–Trinajstić information content (AvgIpc) is 2.08. The topological polar surface area (TPSA) is 24.1 Å². The molecule has 5 heteroatoms. The van der Waals surface area contributed by atoms with Crippen LogP contribution in [0.1, 0.15) is 0 Å². The van der Waals surface area contributed by atoms with Gasteiger partial charge in [0.15, 0.2) is 6.17 Å². The molecule has 0 aromatic heterocycles. The Morgan fingerprint density at radius 2 is 2.11 bits per heavy atom. The molecule has 1 fully saturated rings. The first-order valence-electron chi connectivity index (χ1n) is 2.48. The quantitative estimate of drug-likeness (QED) is 0.502. The lowest BCUT2D eigenvalue weighted by Gasteiger charge is -2.13. The number of rotatable bonds is 0. The number of alkyl halides is 3. The summed E-state index contributed by atoms with van der Waals surface area (Å²) in [6.07, 6.45) is -5.72. The Hall–Kier alpha value is -0.290. The maximum absolute atomic E-state index is 11.6. The second-order valence-electron chi connectivity index (χ2n) is 1.75. The standard InChI is InChI=1S/C4H6F3N2/c5-4(6,7)3-8-1-2-9-3/h1,3,8-9H,2H2. The smallest absolute Gasteiger partial charge is 0.293 e. The van der Waals surface area contributed by atoms with Crippen molar-refractivity contribution in [3.8, 4) is 0 Å². The molecule has 0 aromatic rings. The van der Waals surface area contributed by atoms with Gasteiger partial charge in [-0.2, -0.15) is 13.2 Å². The van der Waals surface area contributed by atoms with Gasteiger partial charge in [-0.1, -0.05) is 0 Å². The minimum Gasteiger partial charge on any atom is -0.293 e. The third kappa shape index (κ3) is 1.56. The highest BCUT2D eigenvalue weighted by molar-refractivity contribution is 4.85. The van der Waals surface area contributed by atoms with Crippen LogP contribution in [0.25, 0.3) is 0 Å². The lowest BCUT2D eigenvalue weighted by atomic mass is 10.5. The van der Waals surface area contributed by atoms with Crippen molar-refractivity contribution in [2.75, 3.05) is 6.54 Å². The zero-order valence-corrected chi connectivity index (χ0v) is 4.50. The zero-order chi connectivity index (χ0) is 6.91. The molecular weight excluding hydrogens is 133 g/mol. The Bertz CT molecular complexity index is 94.5. The highest BCUT2D eigenvalue weighted by atomic mass is 19.4. The molecule has 2 N–H and O–H groups in total. The van der Waals surface area contributed by atoms with E-state index < -0.39 is 12.3 Å². The maximum atomic E-state index is 11.6. The van der Waals surface area contributed by atoms with Gasteiger partial charge in [0.1, 0.15) is 0 Å². The van der Waals surface area contributed by atoms with Crippen molar-refractivity contribution in [1.82, 2.24) is 10.6 Å². The summed E-state index contributed by atoms with van der Waals surface area (Å²) < 4.78 is 34.8. The van der Waals surface area contributed by atoms with Gasteiger partial charge in [0.05, 0.1) is 0 Å². The van der Waals surface area contributed by atoms with E-state index in [0.29, 0.717) is 0 Å². The molecule has 1 aliphatic rings. The highest BCUT2D eigenvalue weighted by Gasteiger charge is 2.40. The fourth-order valence-corrected chi connectivity index (χ4v) is 0.623. The molecular formula is C4H6F3N2. The molecule has 1 saturated heterocycles. The van der Waals surface area contributed by atoms with Crippen LogP contribution in [0.3, 0.4) is 0 Å². The number of halogens is 3. The molecule has 0 aromatic carbocycles. The first kappa shape index (κ1) is 6.82. The van der Waals surface area contributed by atoms with Crippen molar-refractivity contribution in [2.24, 2.45) is 0 Å². The van der Waals surface area contributed by atoms with Crippen LogP contribution < -0.4 is 10.6 Å². The van der Waals surface area contributed by atoms with Crippen LogP contribution >= 0.6 is 0 Å². The maximum Gasteiger partial charge on any atom is 0.417 e. The Balaban J connectivity index is 2.42. The second-order valence-corrected chi connectivity index (χ2v) is 1.75. The van der Waals surface area contributed by atoms with E-state index in [1.54, 1.807) is 0 Å². The Morgan fingerprint density at radius 1 is 1.44 bits per heavy atom. The summed E-state index contributed by atoms with van der Waals surface area (Å²) in [7, 11) is 0. The highest BCUT2D eigenvalue weighted by Crippen LogP contribution is 2.19. The van der Waals surface area contributed by atoms with E-state index in [9.17, 15) is 13.2 Å². The minimum absolute atomic E-state index is 0.268. The molecule has 0 saturated carbocycles. The Kier molecular flexibility index (Phi) is 1.63. The molecule has 1 heterocycles. The fourth-order valence-electron chi connectivity index (χ4n) is 0.623. The van der Waals surface area contributed by atoms with Crippen molar-refractivity contribution in [1.29, 1.82) is 0 Å². The van der Waals surface area contributed by atoms with Gasteiger partial charge in [-0.05, 0) is 0 Å². The third-order valence-electron chi connectivity index (χ3n) is 1.04.